The largest absolute Gasteiger partial charge is 0.494 e. The number of unbranched alkanes of at least 4 members (excludes halogenated alkanes) is 5. The molecule has 0 radical (unpaired) electrons. The number of hydrogen-bond acceptors (Lipinski definition) is 4. The number of carbonyl (C=O) groups excluding carboxylic acids is 1. The van der Waals surface area contributed by atoms with Crippen LogP contribution in [0.4, 0.5) is 0 Å². The van der Waals surface area contributed by atoms with Gasteiger partial charge in [-0.3, -0.25) is 9.36 Å². The number of hydrogen-bond donors (Lipinski definition) is 2. The molecule has 0 unspecified atom stereocenters. The van der Waals surface area contributed by atoms with Crippen molar-refractivity contribution in [2.75, 3.05) is 6.61 Å². The molecule has 2 aromatic rings. The van der Waals surface area contributed by atoms with Gasteiger partial charge in [0.15, 0.2) is 0 Å². The molecule has 0 aliphatic rings. The molecule has 148 valence electrons. The van der Waals surface area contributed by atoms with Crippen molar-refractivity contribution < 1.29 is 23.9 Å². The number of thiophene rings is 1. The summed E-state index contributed by atoms with van der Waals surface area (Å²) in [6, 6.07) is 11.0. The van der Waals surface area contributed by atoms with Crippen LogP contribution in [0.5, 0.6) is 5.75 Å². The minimum Gasteiger partial charge on any atom is -0.494 e. The van der Waals surface area contributed by atoms with Crippen molar-refractivity contribution >= 4 is 24.5 Å². The van der Waals surface area contributed by atoms with E-state index >= 15 is 0 Å². The molecule has 0 spiro atoms. The summed E-state index contributed by atoms with van der Waals surface area (Å²) in [6.45, 7) is 2.94. The molecule has 0 bridgehead atoms. The Morgan fingerprint density at radius 2 is 1.67 bits per heavy atom. The van der Waals surface area contributed by atoms with E-state index in [9.17, 15) is 9.36 Å². The normalized spacial score (nSPS) is 11.5. The van der Waals surface area contributed by atoms with Crippen LogP contribution in [0.3, 0.4) is 0 Å². The third-order valence-electron chi connectivity index (χ3n) is 4.21. The summed E-state index contributed by atoms with van der Waals surface area (Å²) in [7, 11) is -4.72. The molecule has 2 N–H and O–H groups in total. The highest BCUT2D eigenvalue weighted by atomic mass is 32.1. The summed E-state index contributed by atoms with van der Waals surface area (Å²) >= 11 is 1.12. The summed E-state index contributed by atoms with van der Waals surface area (Å²) in [5.41, 5.74) is -0.0591. The third kappa shape index (κ3) is 7.59. The third-order valence-corrected chi connectivity index (χ3v) is 6.21. The van der Waals surface area contributed by atoms with Gasteiger partial charge in [0.25, 0.3) is 5.52 Å². The second-order valence-electron chi connectivity index (χ2n) is 6.55. The number of rotatable bonds is 12. The molecule has 0 fully saturated rings. The molecule has 0 amide bonds. The quantitative estimate of drug-likeness (QED) is 0.362. The lowest BCUT2D eigenvalue weighted by Crippen LogP contribution is -1.97. The van der Waals surface area contributed by atoms with E-state index in [-0.39, 0.29) is 4.88 Å². The van der Waals surface area contributed by atoms with E-state index in [1.54, 1.807) is 6.07 Å². The second kappa shape index (κ2) is 10.8. The molecule has 27 heavy (non-hydrogen) atoms. The van der Waals surface area contributed by atoms with Crippen molar-refractivity contribution in [3.8, 4) is 5.75 Å². The fourth-order valence-corrected chi connectivity index (χ4v) is 4.44. The maximum Gasteiger partial charge on any atom is 0.397 e. The summed E-state index contributed by atoms with van der Waals surface area (Å²) in [5.74, 6) is 0.843. The van der Waals surface area contributed by atoms with Crippen LogP contribution in [0.25, 0.3) is 0 Å². The van der Waals surface area contributed by atoms with Gasteiger partial charge < -0.3 is 14.5 Å². The first-order valence-electron chi connectivity index (χ1n) is 9.31. The van der Waals surface area contributed by atoms with Crippen molar-refractivity contribution in [2.24, 2.45) is 0 Å². The van der Waals surface area contributed by atoms with Crippen LogP contribution in [-0.2, 0) is 11.0 Å². The molecule has 0 atom stereocenters. The summed E-state index contributed by atoms with van der Waals surface area (Å²) in [5, 5.41) is 0. The lowest BCUT2D eigenvalue weighted by Gasteiger charge is -2.07. The van der Waals surface area contributed by atoms with E-state index in [1.165, 1.54) is 38.2 Å². The van der Waals surface area contributed by atoms with E-state index in [1.807, 2.05) is 24.3 Å². The van der Waals surface area contributed by atoms with Gasteiger partial charge in [-0.15, -0.1) is 11.3 Å². The molecule has 1 aromatic carbocycles. The van der Waals surface area contributed by atoms with E-state index in [4.69, 9.17) is 14.5 Å². The van der Waals surface area contributed by atoms with E-state index in [2.05, 4.69) is 6.92 Å². The van der Waals surface area contributed by atoms with Gasteiger partial charge in [-0.2, -0.15) is 0 Å². The first-order valence-corrected chi connectivity index (χ1v) is 11.7. The van der Waals surface area contributed by atoms with Gasteiger partial charge >= 0.3 is 7.60 Å². The molecular formula is C20H27O5PS. The smallest absolute Gasteiger partial charge is 0.397 e. The van der Waals surface area contributed by atoms with Gasteiger partial charge in [-0.1, -0.05) is 51.2 Å². The highest BCUT2D eigenvalue weighted by molar-refractivity contribution is 7.71. The van der Waals surface area contributed by atoms with Crippen LogP contribution in [-0.4, -0.2) is 21.9 Å². The Labute approximate surface area is 164 Å². The molecule has 0 aliphatic heterocycles. The van der Waals surface area contributed by atoms with Crippen LogP contribution in [0, 0.1) is 0 Å². The average Bonchev–Trinajstić information content (AvgIpc) is 3.09. The number of benzene rings is 1. The Balaban J connectivity index is 1.78. The molecule has 2 rings (SSSR count). The van der Waals surface area contributed by atoms with Crippen LogP contribution in [0.1, 0.15) is 65.6 Å². The Kier molecular flexibility index (Phi) is 8.71. The Morgan fingerprint density at radius 3 is 2.33 bits per heavy atom. The average molecular weight is 410 g/mol. The topological polar surface area (TPSA) is 83.8 Å². The van der Waals surface area contributed by atoms with Gasteiger partial charge in [0.05, 0.1) is 11.5 Å². The predicted octanol–water partition coefficient (Wildman–Crippen LogP) is 5.40. The number of ether oxygens (including phenoxy) is 1. The lowest BCUT2D eigenvalue weighted by atomic mass is 10.1. The van der Waals surface area contributed by atoms with E-state index in [0.29, 0.717) is 6.42 Å². The lowest BCUT2D eigenvalue weighted by molar-refractivity contribution is 0.104. The number of carbonyl (C=O) groups is 1. The maximum absolute atomic E-state index is 11.6. The van der Waals surface area contributed by atoms with Crippen molar-refractivity contribution in [1.82, 2.24) is 0 Å². The molecule has 5 nitrogen and oxygen atoms in total. The first kappa shape index (κ1) is 21.8. The Morgan fingerprint density at radius 1 is 1.00 bits per heavy atom. The van der Waals surface area contributed by atoms with Crippen LogP contribution in [0.2, 0.25) is 0 Å². The van der Waals surface area contributed by atoms with Gasteiger partial charge in [-0.05, 0) is 36.2 Å². The molecule has 0 saturated carbocycles. The molecule has 0 aliphatic carbocycles. The Bertz CT molecular complexity index is 763. The predicted molar refractivity (Wildman–Crippen MR) is 109 cm³/mol. The summed E-state index contributed by atoms with van der Waals surface area (Å²) < 4.78 is 16.8. The van der Waals surface area contributed by atoms with Crippen molar-refractivity contribution in [3.05, 3.63) is 51.7 Å². The van der Waals surface area contributed by atoms with Crippen LogP contribution in [0.15, 0.2) is 36.4 Å². The Hall–Kier alpha value is -1.46. The molecule has 1 heterocycles. The highest BCUT2D eigenvalue weighted by Gasteiger charge is 2.28. The van der Waals surface area contributed by atoms with Crippen molar-refractivity contribution in [2.45, 2.75) is 51.9 Å². The highest BCUT2D eigenvalue weighted by Crippen LogP contribution is 2.41. The zero-order valence-electron chi connectivity index (χ0n) is 15.6. The van der Waals surface area contributed by atoms with Gasteiger partial charge in [0.1, 0.15) is 5.75 Å². The fourth-order valence-electron chi connectivity index (χ4n) is 2.71. The molecule has 7 heteroatoms. The second-order valence-corrected chi connectivity index (χ2v) is 9.21. The first-order chi connectivity index (χ1) is 12.9. The zero-order chi connectivity index (χ0) is 19.7. The van der Waals surface area contributed by atoms with Gasteiger partial charge in [0.2, 0.25) is 0 Å². The van der Waals surface area contributed by atoms with Crippen molar-refractivity contribution in [3.63, 3.8) is 0 Å². The van der Waals surface area contributed by atoms with Crippen LogP contribution < -0.4 is 4.74 Å². The van der Waals surface area contributed by atoms with E-state index < -0.39 is 13.1 Å². The SMILES string of the molecule is CCCCCCCCOc1ccc(Cc2ccc(C(=O)P(=O)(O)O)s2)cc1. The van der Waals surface area contributed by atoms with Crippen molar-refractivity contribution in [1.29, 1.82) is 0 Å². The van der Waals surface area contributed by atoms with Gasteiger partial charge in [0, 0.05) is 11.3 Å². The monoisotopic (exact) mass is 410 g/mol. The minimum absolute atomic E-state index is 0.0947. The molecule has 0 saturated heterocycles. The maximum atomic E-state index is 11.6. The molecule has 1 aromatic heterocycles. The van der Waals surface area contributed by atoms with Crippen LogP contribution >= 0.6 is 18.9 Å². The zero-order valence-corrected chi connectivity index (χ0v) is 17.3. The van der Waals surface area contributed by atoms with Gasteiger partial charge in [-0.25, -0.2) is 0 Å². The standard InChI is InChI=1S/C20H27O5PS/c1-2-3-4-5-6-7-14-25-17-10-8-16(9-11-17)15-18-12-13-19(27-18)20(21)26(22,23)24/h8-13H,2-7,14-15H2,1H3,(H2,22,23,24). The van der Waals surface area contributed by atoms with E-state index in [0.717, 1.165) is 40.6 Å². The summed E-state index contributed by atoms with van der Waals surface area (Å²) in [6.07, 6.45) is 8.01. The summed E-state index contributed by atoms with van der Waals surface area (Å²) in [4.78, 5) is 30.5. The fraction of sp³-hybridized carbons (Fsp3) is 0.450. The minimum atomic E-state index is -4.72. The molecular weight excluding hydrogens is 383 g/mol.